The van der Waals surface area contributed by atoms with Gasteiger partial charge in [0, 0.05) is 49.7 Å². The number of anilines is 1. The van der Waals surface area contributed by atoms with Crippen LogP contribution in [0.5, 0.6) is 0 Å². The SMILES string of the molecule is Cc1cc(-c2sc(NC(=O)N3CCC(CN4CCOCC4)CC3)nc2-c2cccc(C#N)c2)cc(C)n1. The molecule has 5 rings (SSSR count). The van der Waals surface area contributed by atoms with Crippen molar-refractivity contribution in [1.29, 1.82) is 5.26 Å². The summed E-state index contributed by atoms with van der Waals surface area (Å²) in [5.41, 5.74) is 5.03. The molecular formula is C28H32N6O2S. The number of urea groups is 1. The zero-order valence-electron chi connectivity index (χ0n) is 21.4. The molecule has 2 fully saturated rings. The fourth-order valence-electron chi connectivity index (χ4n) is 5.10. The molecule has 0 bridgehead atoms. The van der Waals surface area contributed by atoms with Crippen LogP contribution in [-0.4, -0.2) is 71.7 Å². The number of piperidine rings is 1. The first kappa shape index (κ1) is 25.3. The van der Waals surface area contributed by atoms with Gasteiger partial charge in [-0.05, 0) is 62.4 Å². The Labute approximate surface area is 221 Å². The van der Waals surface area contributed by atoms with Crippen molar-refractivity contribution in [3.8, 4) is 27.8 Å². The van der Waals surface area contributed by atoms with Gasteiger partial charge in [0.15, 0.2) is 5.13 Å². The molecule has 4 heterocycles. The maximum atomic E-state index is 13.2. The van der Waals surface area contributed by atoms with Gasteiger partial charge in [0.25, 0.3) is 0 Å². The lowest BCUT2D eigenvalue weighted by Gasteiger charge is -2.35. The Hall–Kier alpha value is -3.32. The van der Waals surface area contributed by atoms with Crippen molar-refractivity contribution in [3.63, 3.8) is 0 Å². The van der Waals surface area contributed by atoms with Crippen molar-refractivity contribution in [2.45, 2.75) is 26.7 Å². The summed E-state index contributed by atoms with van der Waals surface area (Å²) in [6.07, 6.45) is 2.02. The van der Waals surface area contributed by atoms with E-state index in [9.17, 15) is 10.1 Å². The van der Waals surface area contributed by atoms with Crippen molar-refractivity contribution in [2.75, 3.05) is 51.3 Å². The number of aromatic nitrogens is 2. The van der Waals surface area contributed by atoms with E-state index in [0.717, 1.165) is 91.9 Å². The molecule has 0 atom stereocenters. The summed E-state index contributed by atoms with van der Waals surface area (Å²) in [5, 5.41) is 13.0. The van der Waals surface area contributed by atoms with E-state index in [1.165, 1.54) is 11.3 Å². The number of nitrogens with zero attached hydrogens (tertiary/aromatic N) is 5. The van der Waals surface area contributed by atoms with Gasteiger partial charge in [-0.1, -0.05) is 23.5 Å². The number of aryl methyl sites for hydroxylation is 2. The van der Waals surface area contributed by atoms with Gasteiger partial charge in [0.2, 0.25) is 0 Å². The number of nitriles is 1. The molecule has 0 radical (unpaired) electrons. The minimum Gasteiger partial charge on any atom is -0.379 e. The summed E-state index contributed by atoms with van der Waals surface area (Å²) in [4.78, 5) is 27.8. The second kappa shape index (κ2) is 11.4. The quantitative estimate of drug-likeness (QED) is 0.516. The third kappa shape index (κ3) is 6.16. The molecule has 0 spiro atoms. The summed E-state index contributed by atoms with van der Waals surface area (Å²) < 4.78 is 5.46. The Kier molecular flexibility index (Phi) is 7.79. The predicted molar refractivity (Wildman–Crippen MR) is 146 cm³/mol. The van der Waals surface area contributed by atoms with E-state index in [1.54, 1.807) is 6.07 Å². The van der Waals surface area contributed by atoms with Crippen LogP contribution in [0.15, 0.2) is 36.4 Å². The van der Waals surface area contributed by atoms with Crippen LogP contribution in [-0.2, 0) is 4.74 Å². The zero-order chi connectivity index (χ0) is 25.8. The maximum absolute atomic E-state index is 13.2. The standard InChI is InChI=1S/C28H32N6O2S/c1-19-14-24(15-20(2)30-19)26-25(23-5-3-4-22(16-23)17-29)31-27(37-26)32-28(35)34-8-6-21(7-9-34)18-33-10-12-36-13-11-33/h3-5,14-16,21H,6-13,18H2,1-2H3,(H,31,32,35). The summed E-state index contributed by atoms with van der Waals surface area (Å²) in [6, 6.07) is 13.6. The minimum absolute atomic E-state index is 0.107. The molecule has 9 heteroatoms. The Morgan fingerprint density at radius 2 is 1.81 bits per heavy atom. The molecule has 8 nitrogen and oxygen atoms in total. The van der Waals surface area contributed by atoms with Crippen LogP contribution >= 0.6 is 11.3 Å². The second-order valence-electron chi connectivity index (χ2n) is 9.80. The molecule has 0 saturated carbocycles. The Balaban J connectivity index is 1.32. The number of morpholine rings is 1. The van der Waals surface area contributed by atoms with Crippen LogP contribution in [0.25, 0.3) is 21.7 Å². The number of thiazole rings is 1. The molecule has 1 N–H and O–H groups in total. The predicted octanol–water partition coefficient (Wildman–Crippen LogP) is 4.94. The number of likely N-dealkylation sites (tertiary alicyclic amines) is 1. The number of amides is 2. The third-order valence-electron chi connectivity index (χ3n) is 6.97. The van der Waals surface area contributed by atoms with Crippen molar-refractivity contribution < 1.29 is 9.53 Å². The van der Waals surface area contributed by atoms with Gasteiger partial charge < -0.3 is 9.64 Å². The smallest absolute Gasteiger partial charge is 0.323 e. The van der Waals surface area contributed by atoms with Crippen LogP contribution in [0.1, 0.15) is 29.8 Å². The molecule has 2 aromatic heterocycles. The fraction of sp³-hybridized carbons (Fsp3) is 0.429. The zero-order valence-corrected chi connectivity index (χ0v) is 22.2. The van der Waals surface area contributed by atoms with Gasteiger partial charge in [-0.3, -0.25) is 15.2 Å². The first-order valence-corrected chi connectivity index (χ1v) is 13.6. The van der Waals surface area contributed by atoms with Gasteiger partial charge in [-0.15, -0.1) is 0 Å². The van der Waals surface area contributed by atoms with E-state index in [0.29, 0.717) is 16.6 Å². The van der Waals surface area contributed by atoms with Crippen molar-refractivity contribution >= 4 is 22.5 Å². The van der Waals surface area contributed by atoms with Crippen LogP contribution in [0.2, 0.25) is 0 Å². The van der Waals surface area contributed by atoms with Gasteiger partial charge in [0.05, 0.1) is 35.4 Å². The van der Waals surface area contributed by atoms with E-state index in [1.807, 2.05) is 49.1 Å². The summed E-state index contributed by atoms with van der Waals surface area (Å²) in [7, 11) is 0. The van der Waals surface area contributed by atoms with E-state index < -0.39 is 0 Å². The summed E-state index contributed by atoms with van der Waals surface area (Å²) in [6.45, 7) is 10.2. The third-order valence-corrected chi connectivity index (χ3v) is 7.99. The molecule has 2 aliphatic heterocycles. The Bertz CT molecular complexity index is 1280. The lowest BCUT2D eigenvalue weighted by Crippen LogP contribution is -2.45. The largest absolute Gasteiger partial charge is 0.379 e. The van der Waals surface area contributed by atoms with Crippen LogP contribution in [0, 0.1) is 31.1 Å². The van der Waals surface area contributed by atoms with Crippen molar-refractivity contribution in [1.82, 2.24) is 19.8 Å². The van der Waals surface area contributed by atoms with Gasteiger partial charge in [-0.2, -0.15) is 5.26 Å². The highest BCUT2D eigenvalue weighted by Gasteiger charge is 2.26. The molecule has 2 amide bonds. The highest BCUT2D eigenvalue weighted by Crippen LogP contribution is 2.40. The Morgan fingerprint density at radius 3 is 2.51 bits per heavy atom. The highest BCUT2D eigenvalue weighted by atomic mass is 32.1. The lowest BCUT2D eigenvalue weighted by atomic mass is 9.96. The number of hydrogen-bond acceptors (Lipinski definition) is 7. The first-order chi connectivity index (χ1) is 18.0. The second-order valence-corrected chi connectivity index (χ2v) is 10.8. The normalized spacial score (nSPS) is 16.9. The average molecular weight is 517 g/mol. The number of carbonyl (C=O) groups is 1. The Morgan fingerprint density at radius 1 is 1.08 bits per heavy atom. The number of nitrogens with one attached hydrogen (secondary N) is 1. The lowest BCUT2D eigenvalue weighted by molar-refractivity contribution is 0.0260. The molecule has 1 aromatic carbocycles. The number of rotatable bonds is 5. The number of ether oxygens (including phenoxy) is 1. The maximum Gasteiger partial charge on any atom is 0.323 e. The number of carbonyl (C=O) groups excluding carboxylic acids is 1. The highest BCUT2D eigenvalue weighted by molar-refractivity contribution is 7.19. The van der Waals surface area contributed by atoms with E-state index >= 15 is 0 Å². The van der Waals surface area contributed by atoms with Crippen LogP contribution in [0.3, 0.4) is 0 Å². The summed E-state index contributed by atoms with van der Waals surface area (Å²) in [5.74, 6) is 0.616. The fourth-order valence-corrected chi connectivity index (χ4v) is 6.07. The molecule has 192 valence electrons. The topological polar surface area (TPSA) is 94.4 Å². The van der Waals surface area contributed by atoms with E-state index in [2.05, 4.69) is 21.3 Å². The van der Waals surface area contributed by atoms with Crippen molar-refractivity contribution in [2.24, 2.45) is 5.92 Å². The average Bonchev–Trinajstić information content (AvgIpc) is 3.33. The number of pyridine rings is 1. The number of benzene rings is 1. The van der Waals surface area contributed by atoms with Crippen LogP contribution in [0.4, 0.5) is 9.93 Å². The van der Waals surface area contributed by atoms with Crippen molar-refractivity contribution in [3.05, 3.63) is 53.3 Å². The van der Waals surface area contributed by atoms with Crippen LogP contribution < -0.4 is 5.32 Å². The van der Waals surface area contributed by atoms with Gasteiger partial charge in [0.1, 0.15) is 0 Å². The summed E-state index contributed by atoms with van der Waals surface area (Å²) >= 11 is 1.46. The molecule has 0 aliphatic carbocycles. The van der Waals surface area contributed by atoms with E-state index in [-0.39, 0.29) is 6.03 Å². The molecular weight excluding hydrogens is 484 g/mol. The van der Waals surface area contributed by atoms with Gasteiger partial charge in [-0.25, -0.2) is 9.78 Å². The minimum atomic E-state index is -0.107. The molecule has 37 heavy (non-hydrogen) atoms. The van der Waals surface area contributed by atoms with Gasteiger partial charge >= 0.3 is 6.03 Å². The molecule has 3 aromatic rings. The van der Waals surface area contributed by atoms with E-state index in [4.69, 9.17) is 9.72 Å². The number of hydrogen-bond donors (Lipinski definition) is 1. The molecule has 0 unspecified atom stereocenters. The first-order valence-electron chi connectivity index (χ1n) is 12.8. The molecule has 2 saturated heterocycles. The molecule has 2 aliphatic rings. The monoisotopic (exact) mass is 516 g/mol.